The predicted octanol–water partition coefficient (Wildman–Crippen LogP) is 0.541. The minimum absolute atomic E-state index is 0.0807. The molecule has 1 rings (SSSR count). The summed E-state index contributed by atoms with van der Waals surface area (Å²) in [5.41, 5.74) is 11.7. The molecule has 0 unspecified atom stereocenters. The van der Waals surface area contributed by atoms with Gasteiger partial charge in [-0.1, -0.05) is 12.1 Å². The molecule has 0 atom stereocenters. The SMILES string of the molecule is C=CCc1cc(C)c(C(=O)N=C(N)N)cc1S(C)(=O)=O. The van der Waals surface area contributed by atoms with Crippen LogP contribution < -0.4 is 11.5 Å². The summed E-state index contributed by atoms with van der Waals surface area (Å²) in [4.78, 5) is 15.4. The Balaban J connectivity index is 3.55. The number of allylic oxidation sites excluding steroid dienone is 1. The van der Waals surface area contributed by atoms with Gasteiger partial charge in [-0.2, -0.15) is 4.99 Å². The van der Waals surface area contributed by atoms with Crippen LogP contribution in [0.2, 0.25) is 0 Å². The van der Waals surface area contributed by atoms with Crippen molar-refractivity contribution in [3.63, 3.8) is 0 Å². The van der Waals surface area contributed by atoms with Crippen molar-refractivity contribution in [1.82, 2.24) is 0 Å². The molecule has 0 saturated heterocycles. The fourth-order valence-electron chi connectivity index (χ4n) is 1.82. The highest BCUT2D eigenvalue weighted by molar-refractivity contribution is 7.90. The Morgan fingerprint density at radius 1 is 1.40 bits per heavy atom. The molecule has 1 aromatic carbocycles. The summed E-state index contributed by atoms with van der Waals surface area (Å²) in [5.74, 6) is -1.04. The lowest BCUT2D eigenvalue weighted by molar-refractivity contribution is 0.100. The number of aliphatic imine (C=N–C) groups is 1. The van der Waals surface area contributed by atoms with Crippen LogP contribution >= 0.6 is 0 Å². The maximum atomic E-state index is 11.9. The van der Waals surface area contributed by atoms with Crippen molar-refractivity contribution in [3.05, 3.63) is 41.5 Å². The van der Waals surface area contributed by atoms with Gasteiger partial charge in [0.15, 0.2) is 15.8 Å². The van der Waals surface area contributed by atoms with Crippen LogP contribution in [-0.4, -0.2) is 26.5 Å². The molecule has 0 radical (unpaired) electrons. The Bertz CT molecular complexity index is 687. The van der Waals surface area contributed by atoms with Gasteiger partial charge in [0.2, 0.25) is 0 Å². The zero-order valence-electron chi connectivity index (χ0n) is 11.4. The number of carbonyl (C=O) groups excluding carboxylic acids is 1. The van der Waals surface area contributed by atoms with Gasteiger partial charge < -0.3 is 11.5 Å². The number of rotatable bonds is 4. The predicted molar refractivity (Wildman–Crippen MR) is 78.3 cm³/mol. The maximum absolute atomic E-state index is 11.9. The number of sulfone groups is 1. The fourth-order valence-corrected chi connectivity index (χ4v) is 2.77. The van der Waals surface area contributed by atoms with Crippen molar-refractivity contribution >= 4 is 21.7 Å². The van der Waals surface area contributed by atoms with Crippen LogP contribution in [0.4, 0.5) is 0 Å². The second-order valence-electron chi connectivity index (χ2n) is 4.38. The van der Waals surface area contributed by atoms with Gasteiger partial charge in [0.25, 0.3) is 5.91 Å². The quantitative estimate of drug-likeness (QED) is 0.478. The number of aryl methyl sites for hydroxylation is 1. The summed E-state index contributed by atoms with van der Waals surface area (Å²) in [5, 5.41) is 0. The van der Waals surface area contributed by atoms with E-state index in [9.17, 15) is 13.2 Å². The number of hydrogen-bond acceptors (Lipinski definition) is 3. The molecule has 1 aromatic rings. The van der Waals surface area contributed by atoms with Crippen LogP contribution in [0, 0.1) is 6.92 Å². The molecule has 0 aliphatic rings. The van der Waals surface area contributed by atoms with Crippen molar-refractivity contribution < 1.29 is 13.2 Å². The number of carbonyl (C=O) groups is 1. The molecular weight excluding hydrogens is 278 g/mol. The highest BCUT2D eigenvalue weighted by Crippen LogP contribution is 2.22. The van der Waals surface area contributed by atoms with Gasteiger partial charge in [-0.3, -0.25) is 4.79 Å². The molecule has 0 spiro atoms. The van der Waals surface area contributed by atoms with E-state index in [1.807, 2.05) is 0 Å². The Hall–Kier alpha value is -2.15. The lowest BCUT2D eigenvalue weighted by Crippen LogP contribution is -2.24. The molecule has 0 aliphatic heterocycles. The number of hydrogen-bond donors (Lipinski definition) is 2. The van der Waals surface area contributed by atoms with E-state index < -0.39 is 15.7 Å². The molecule has 4 N–H and O–H groups in total. The third-order valence-electron chi connectivity index (χ3n) is 2.63. The lowest BCUT2D eigenvalue weighted by Gasteiger charge is -2.10. The summed E-state index contributed by atoms with van der Waals surface area (Å²) in [6, 6.07) is 2.94. The van der Waals surface area contributed by atoms with E-state index in [0.717, 1.165) is 6.26 Å². The van der Waals surface area contributed by atoms with Crippen molar-refractivity contribution in [2.45, 2.75) is 18.2 Å². The average Bonchev–Trinajstić information content (AvgIpc) is 2.26. The van der Waals surface area contributed by atoms with E-state index in [0.29, 0.717) is 17.5 Å². The van der Waals surface area contributed by atoms with Gasteiger partial charge in [0, 0.05) is 11.8 Å². The highest BCUT2D eigenvalue weighted by atomic mass is 32.2. The molecular formula is C13H17N3O3S. The van der Waals surface area contributed by atoms with Gasteiger partial charge in [-0.15, -0.1) is 6.58 Å². The van der Waals surface area contributed by atoms with Gasteiger partial charge >= 0.3 is 0 Å². The van der Waals surface area contributed by atoms with Gasteiger partial charge in [-0.05, 0) is 30.5 Å². The average molecular weight is 295 g/mol. The standard InChI is InChI=1S/C13H17N3O3S/c1-4-5-9-6-8(2)10(12(17)16-13(14)15)7-11(9)20(3,18)19/h4,6-7H,1,5H2,2-3H3,(H4,14,15,16,17). The summed E-state index contributed by atoms with van der Waals surface area (Å²) < 4.78 is 23.6. The summed E-state index contributed by atoms with van der Waals surface area (Å²) in [6.07, 6.45) is 3.07. The molecule has 0 aromatic heterocycles. The van der Waals surface area contributed by atoms with E-state index in [2.05, 4.69) is 11.6 Å². The van der Waals surface area contributed by atoms with Crippen LogP contribution in [0.1, 0.15) is 21.5 Å². The lowest BCUT2D eigenvalue weighted by atomic mass is 10.0. The van der Waals surface area contributed by atoms with Crippen molar-refractivity contribution in [2.75, 3.05) is 6.26 Å². The Kier molecular flexibility index (Phi) is 4.67. The monoisotopic (exact) mass is 295 g/mol. The first kappa shape index (κ1) is 15.9. The third kappa shape index (κ3) is 3.67. The molecule has 20 heavy (non-hydrogen) atoms. The van der Waals surface area contributed by atoms with Crippen molar-refractivity contribution in [2.24, 2.45) is 16.5 Å². The number of benzene rings is 1. The minimum Gasteiger partial charge on any atom is -0.370 e. The van der Waals surface area contributed by atoms with E-state index in [-0.39, 0.29) is 16.4 Å². The van der Waals surface area contributed by atoms with Gasteiger partial charge in [0.1, 0.15) is 0 Å². The van der Waals surface area contributed by atoms with Crippen LogP contribution in [-0.2, 0) is 16.3 Å². The van der Waals surface area contributed by atoms with Gasteiger partial charge in [0.05, 0.1) is 4.90 Å². The van der Waals surface area contributed by atoms with E-state index in [1.165, 1.54) is 6.07 Å². The molecule has 7 heteroatoms. The highest BCUT2D eigenvalue weighted by Gasteiger charge is 2.18. The molecule has 0 bridgehead atoms. The smallest absolute Gasteiger partial charge is 0.280 e. The number of nitrogens with two attached hydrogens (primary N) is 2. The second-order valence-corrected chi connectivity index (χ2v) is 6.37. The fraction of sp³-hybridized carbons (Fsp3) is 0.231. The summed E-state index contributed by atoms with van der Waals surface area (Å²) in [6.45, 7) is 5.28. The number of guanidine groups is 1. The first-order valence-electron chi connectivity index (χ1n) is 5.75. The second kappa shape index (κ2) is 5.87. The topological polar surface area (TPSA) is 116 Å². The number of nitrogens with zero attached hydrogens (tertiary/aromatic N) is 1. The van der Waals surface area contributed by atoms with Crippen LogP contribution in [0.25, 0.3) is 0 Å². The minimum atomic E-state index is -3.47. The third-order valence-corrected chi connectivity index (χ3v) is 3.81. The zero-order chi connectivity index (χ0) is 15.5. The Morgan fingerprint density at radius 3 is 2.45 bits per heavy atom. The molecule has 6 nitrogen and oxygen atoms in total. The molecule has 0 aliphatic carbocycles. The molecule has 0 heterocycles. The van der Waals surface area contributed by atoms with Crippen molar-refractivity contribution in [3.8, 4) is 0 Å². The van der Waals surface area contributed by atoms with Crippen LogP contribution in [0.15, 0.2) is 34.7 Å². The molecule has 0 fully saturated rings. The van der Waals surface area contributed by atoms with E-state index in [4.69, 9.17) is 11.5 Å². The first-order chi connectivity index (χ1) is 9.16. The molecule has 1 amide bonds. The normalized spacial score (nSPS) is 10.9. The van der Waals surface area contributed by atoms with Crippen LogP contribution in [0.3, 0.4) is 0 Å². The van der Waals surface area contributed by atoms with Crippen LogP contribution in [0.5, 0.6) is 0 Å². The Morgan fingerprint density at radius 2 is 2.00 bits per heavy atom. The molecule has 108 valence electrons. The van der Waals surface area contributed by atoms with Crippen molar-refractivity contribution in [1.29, 1.82) is 0 Å². The number of amides is 1. The summed E-state index contributed by atoms with van der Waals surface area (Å²) >= 11 is 0. The van der Waals surface area contributed by atoms with Gasteiger partial charge in [-0.25, -0.2) is 8.42 Å². The summed E-state index contributed by atoms with van der Waals surface area (Å²) in [7, 11) is -3.47. The molecule has 0 saturated carbocycles. The first-order valence-corrected chi connectivity index (χ1v) is 7.64. The van der Waals surface area contributed by atoms with E-state index in [1.54, 1.807) is 19.1 Å². The maximum Gasteiger partial charge on any atom is 0.280 e. The zero-order valence-corrected chi connectivity index (χ0v) is 12.2. The van der Waals surface area contributed by atoms with E-state index >= 15 is 0 Å². The Labute approximate surface area is 118 Å². The largest absolute Gasteiger partial charge is 0.370 e.